The van der Waals surface area contributed by atoms with Gasteiger partial charge in [0.15, 0.2) is 6.61 Å². The molecular formula is C20H19NO5. The lowest BCUT2D eigenvalue weighted by atomic mass is 10.1. The van der Waals surface area contributed by atoms with Crippen LogP contribution in [0.15, 0.2) is 48.7 Å². The Bertz CT molecular complexity index is 973. The molecule has 3 aromatic rings. The van der Waals surface area contributed by atoms with E-state index in [1.165, 1.54) is 14.2 Å². The summed E-state index contributed by atoms with van der Waals surface area (Å²) < 4.78 is 17.4. The summed E-state index contributed by atoms with van der Waals surface area (Å²) in [6.45, 7) is -0.370. The fourth-order valence-corrected chi connectivity index (χ4v) is 2.82. The SMILES string of the molecule is COc1ccc(C(=O)COC(=O)c2cn(C)c3ccccc23)c(OC)c1. The molecular weight excluding hydrogens is 334 g/mol. The molecule has 0 aliphatic rings. The van der Waals surface area contributed by atoms with Gasteiger partial charge in [-0.05, 0) is 18.2 Å². The molecule has 0 aliphatic heterocycles. The molecule has 134 valence electrons. The standard InChI is InChI=1S/C20H19NO5/c1-21-11-16(14-6-4-5-7-17(14)21)20(23)26-12-18(22)15-9-8-13(24-2)10-19(15)25-3/h4-11H,12H2,1-3H3. The van der Waals surface area contributed by atoms with E-state index in [9.17, 15) is 9.59 Å². The number of benzene rings is 2. The Morgan fingerprint density at radius 1 is 1.00 bits per heavy atom. The van der Waals surface area contributed by atoms with Crippen molar-refractivity contribution in [2.24, 2.45) is 7.05 Å². The molecule has 0 radical (unpaired) electrons. The van der Waals surface area contributed by atoms with Crippen LogP contribution in [0.25, 0.3) is 10.9 Å². The fourth-order valence-electron chi connectivity index (χ4n) is 2.82. The van der Waals surface area contributed by atoms with Crippen molar-refractivity contribution < 1.29 is 23.8 Å². The first-order valence-electron chi connectivity index (χ1n) is 8.01. The normalized spacial score (nSPS) is 10.6. The maximum absolute atomic E-state index is 12.4. The smallest absolute Gasteiger partial charge is 0.340 e. The molecule has 0 N–H and O–H groups in total. The molecule has 0 spiro atoms. The molecule has 0 aliphatic carbocycles. The zero-order chi connectivity index (χ0) is 18.7. The minimum absolute atomic E-state index is 0.332. The molecule has 0 amide bonds. The number of nitrogens with zero attached hydrogens (tertiary/aromatic N) is 1. The van der Waals surface area contributed by atoms with Crippen LogP contribution in [0, 0.1) is 0 Å². The number of aryl methyl sites for hydroxylation is 1. The van der Waals surface area contributed by atoms with Gasteiger partial charge < -0.3 is 18.8 Å². The highest BCUT2D eigenvalue weighted by atomic mass is 16.5. The largest absolute Gasteiger partial charge is 0.497 e. The van der Waals surface area contributed by atoms with Gasteiger partial charge in [-0.3, -0.25) is 4.79 Å². The van der Waals surface area contributed by atoms with E-state index in [0.29, 0.717) is 22.6 Å². The number of Topliss-reactive ketones (excluding diaryl/α,β-unsaturated/α-hetero) is 1. The van der Waals surface area contributed by atoms with Gasteiger partial charge in [0.25, 0.3) is 0 Å². The van der Waals surface area contributed by atoms with Gasteiger partial charge in [-0.15, -0.1) is 0 Å². The maximum Gasteiger partial charge on any atom is 0.340 e. The summed E-state index contributed by atoms with van der Waals surface area (Å²) in [4.78, 5) is 24.8. The van der Waals surface area contributed by atoms with Gasteiger partial charge in [-0.2, -0.15) is 0 Å². The van der Waals surface area contributed by atoms with Gasteiger partial charge >= 0.3 is 5.97 Å². The number of carbonyl (C=O) groups is 2. The summed E-state index contributed by atoms with van der Waals surface area (Å²) >= 11 is 0. The average Bonchev–Trinajstić information content (AvgIpc) is 3.02. The van der Waals surface area contributed by atoms with Crippen molar-refractivity contribution in [3.63, 3.8) is 0 Å². The van der Waals surface area contributed by atoms with E-state index in [1.807, 2.05) is 35.9 Å². The third kappa shape index (κ3) is 3.26. The maximum atomic E-state index is 12.4. The molecule has 0 saturated carbocycles. The summed E-state index contributed by atoms with van der Waals surface area (Å²) in [7, 11) is 4.85. The van der Waals surface area contributed by atoms with Crippen LogP contribution in [0.2, 0.25) is 0 Å². The predicted octanol–water partition coefficient (Wildman–Crippen LogP) is 3.24. The van der Waals surface area contributed by atoms with Crippen LogP contribution in [0.3, 0.4) is 0 Å². The first-order valence-corrected chi connectivity index (χ1v) is 8.01. The number of hydrogen-bond donors (Lipinski definition) is 0. The molecule has 1 aromatic heterocycles. The molecule has 2 aromatic carbocycles. The second-order valence-electron chi connectivity index (χ2n) is 5.74. The van der Waals surface area contributed by atoms with Crippen LogP contribution < -0.4 is 9.47 Å². The van der Waals surface area contributed by atoms with E-state index < -0.39 is 5.97 Å². The third-order valence-electron chi connectivity index (χ3n) is 4.16. The molecule has 1 heterocycles. The molecule has 26 heavy (non-hydrogen) atoms. The Morgan fingerprint density at radius 2 is 1.77 bits per heavy atom. The summed E-state index contributed by atoms with van der Waals surface area (Å²) in [5, 5.41) is 0.787. The summed E-state index contributed by atoms with van der Waals surface area (Å²) in [5.41, 5.74) is 1.68. The number of rotatable bonds is 6. The quantitative estimate of drug-likeness (QED) is 0.503. The summed E-state index contributed by atoms with van der Waals surface area (Å²) in [5.74, 6) is 0.0578. The van der Waals surface area contributed by atoms with Crippen LogP contribution >= 0.6 is 0 Å². The molecule has 0 unspecified atom stereocenters. The molecule has 0 atom stereocenters. The number of aromatic nitrogens is 1. The Morgan fingerprint density at radius 3 is 2.50 bits per heavy atom. The van der Waals surface area contributed by atoms with Crippen LogP contribution in [-0.4, -0.2) is 37.1 Å². The lowest BCUT2D eigenvalue weighted by Gasteiger charge is -2.10. The first-order chi connectivity index (χ1) is 12.5. The van der Waals surface area contributed by atoms with Crippen LogP contribution in [0.4, 0.5) is 0 Å². The van der Waals surface area contributed by atoms with Crippen molar-refractivity contribution in [2.45, 2.75) is 0 Å². The Hall–Kier alpha value is -3.28. The van der Waals surface area contributed by atoms with E-state index in [1.54, 1.807) is 24.4 Å². The fraction of sp³-hybridized carbons (Fsp3) is 0.200. The van der Waals surface area contributed by atoms with Crippen LogP contribution in [0.1, 0.15) is 20.7 Å². The Labute approximate surface area is 150 Å². The lowest BCUT2D eigenvalue weighted by molar-refractivity contribution is 0.0475. The molecule has 0 saturated heterocycles. The van der Waals surface area contributed by atoms with Gasteiger partial charge in [0.1, 0.15) is 11.5 Å². The van der Waals surface area contributed by atoms with E-state index in [-0.39, 0.29) is 12.4 Å². The zero-order valence-electron chi connectivity index (χ0n) is 14.8. The number of para-hydroxylation sites is 1. The topological polar surface area (TPSA) is 66.8 Å². The van der Waals surface area contributed by atoms with Crippen molar-refractivity contribution in [3.8, 4) is 11.5 Å². The second kappa shape index (κ2) is 7.31. The number of carbonyl (C=O) groups excluding carboxylic acids is 2. The van der Waals surface area contributed by atoms with Gasteiger partial charge in [0, 0.05) is 30.2 Å². The summed E-state index contributed by atoms with van der Waals surface area (Å²) in [6, 6.07) is 12.4. The molecule has 6 heteroatoms. The van der Waals surface area contributed by atoms with E-state index in [2.05, 4.69) is 0 Å². The highest BCUT2D eigenvalue weighted by Crippen LogP contribution is 2.25. The van der Waals surface area contributed by atoms with Crippen molar-refractivity contribution in [2.75, 3.05) is 20.8 Å². The number of esters is 1. The minimum atomic E-state index is -0.539. The molecule has 0 fully saturated rings. The van der Waals surface area contributed by atoms with Gasteiger partial charge in [-0.1, -0.05) is 18.2 Å². The second-order valence-corrected chi connectivity index (χ2v) is 5.74. The Balaban J connectivity index is 1.76. The van der Waals surface area contributed by atoms with E-state index >= 15 is 0 Å². The molecule has 6 nitrogen and oxygen atoms in total. The monoisotopic (exact) mass is 353 g/mol. The minimum Gasteiger partial charge on any atom is -0.497 e. The molecule has 0 bridgehead atoms. The number of ketones is 1. The molecule has 3 rings (SSSR count). The predicted molar refractivity (Wildman–Crippen MR) is 97.1 cm³/mol. The van der Waals surface area contributed by atoms with Crippen LogP contribution in [-0.2, 0) is 11.8 Å². The van der Waals surface area contributed by atoms with Crippen molar-refractivity contribution in [1.82, 2.24) is 4.57 Å². The van der Waals surface area contributed by atoms with Gasteiger partial charge in [0.2, 0.25) is 5.78 Å². The first kappa shape index (κ1) is 17.5. The lowest BCUT2D eigenvalue weighted by Crippen LogP contribution is -2.15. The highest BCUT2D eigenvalue weighted by Gasteiger charge is 2.19. The van der Waals surface area contributed by atoms with Gasteiger partial charge in [0.05, 0.1) is 25.3 Å². The number of fused-ring (bicyclic) bond motifs is 1. The number of ether oxygens (including phenoxy) is 3. The van der Waals surface area contributed by atoms with Crippen molar-refractivity contribution in [1.29, 1.82) is 0 Å². The van der Waals surface area contributed by atoms with Crippen LogP contribution in [0.5, 0.6) is 11.5 Å². The number of methoxy groups -OCH3 is 2. The number of hydrogen-bond acceptors (Lipinski definition) is 5. The third-order valence-corrected chi connectivity index (χ3v) is 4.16. The van der Waals surface area contributed by atoms with Gasteiger partial charge in [-0.25, -0.2) is 4.79 Å². The van der Waals surface area contributed by atoms with Crippen molar-refractivity contribution in [3.05, 3.63) is 59.8 Å². The summed E-state index contributed by atoms with van der Waals surface area (Å²) in [6.07, 6.45) is 1.70. The highest BCUT2D eigenvalue weighted by molar-refractivity contribution is 6.06. The van der Waals surface area contributed by atoms with E-state index in [0.717, 1.165) is 10.9 Å². The van der Waals surface area contributed by atoms with Crippen molar-refractivity contribution >= 4 is 22.7 Å². The van der Waals surface area contributed by atoms with E-state index in [4.69, 9.17) is 14.2 Å². The Kier molecular flexibility index (Phi) is 4.93. The zero-order valence-corrected chi connectivity index (χ0v) is 14.8. The average molecular weight is 353 g/mol.